The molecule has 4 nitrogen and oxygen atoms in total. The van der Waals surface area contributed by atoms with Gasteiger partial charge in [0.05, 0.1) is 23.9 Å². The predicted molar refractivity (Wildman–Crippen MR) is 80.4 cm³/mol. The minimum absolute atomic E-state index is 0.547. The molecular weight excluding hydrogens is 262 g/mol. The van der Waals surface area contributed by atoms with E-state index in [2.05, 4.69) is 16.4 Å². The Labute approximate surface area is 122 Å². The van der Waals surface area contributed by atoms with Gasteiger partial charge in [0.1, 0.15) is 6.26 Å². The monoisotopic (exact) mass is 275 g/mol. The number of benzene rings is 2. The molecule has 0 amide bonds. The van der Waals surface area contributed by atoms with Crippen LogP contribution in [0.15, 0.2) is 65.3 Å². The lowest BCUT2D eigenvalue weighted by Gasteiger charge is -2.03. The molecule has 1 aromatic heterocycles. The minimum atomic E-state index is 0.547. The summed E-state index contributed by atoms with van der Waals surface area (Å²) in [6.45, 7) is 0.547. The molecule has 0 spiro atoms. The molecule has 1 N–H and O–H groups in total. The van der Waals surface area contributed by atoms with Gasteiger partial charge >= 0.3 is 0 Å². The van der Waals surface area contributed by atoms with Crippen molar-refractivity contribution in [2.45, 2.75) is 6.54 Å². The molecule has 0 bridgehead atoms. The summed E-state index contributed by atoms with van der Waals surface area (Å²) < 4.78 is 5.48. The van der Waals surface area contributed by atoms with Crippen molar-refractivity contribution in [3.8, 4) is 17.5 Å². The predicted octanol–water partition coefficient (Wildman–Crippen LogP) is 3.83. The van der Waals surface area contributed by atoms with Crippen LogP contribution in [-0.4, -0.2) is 4.98 Å². The van der Waals surface area contributed by atoms with Crippen LogP contribution in [0.2, 0.25) is 0 Å². The standard InChI is InChI=1S/C17H13N3O/c18-10-13-5-4-8-15(9-13)19-11-16-12-21-17(20-16)14-6-2-1-3-7-14/h1-9,12,19H,11H2. The molecule has 0 aliphatic rings. The van der Waals surface area contributed by atoms with Gasteiger partial charge in [0.15, 0.2) is 0 Å². The van der Waals surface area contributed by atoms with Crippen molar-refractivity contribution in [2.24, 2.45) is 0 Å². The minimum Gasteiger partial charge on any atom is -0.444 e. The van der Waals surface area contributed by atoms with E-state index in [4.69, 9.17) is 9.68 Å². The van der Waals surface area contributed by atoms with Crippen LogP contribution >= 0.6 is 0 Å². The van der Waals surface area contributed by atoms with E-state index >= 15 is 0 Å². The average molecular weight is 275 g/mol. The van der Waals surface area contributed by atoms with Gasteiger partial charge < -0.3 is 9.73 Å². The van der Waals surface area contributed by atoms with Crippen molar-refractivity contribution in [1.29, 1.82) is 5.26 Å². The zero-order chi connectivity index (χ0) is 14.5. The first-order valence-electron chi connectivity index (χ1n) is 6.59. The fourth-order valence-corrected chi connectivity index (χ4v) is 1.99. The summed E-state index contributed by atoms with van der Waals surface area (Å²) in [6, 6.07) is 19.2. The van der Waals surface area contributed by atoms with Crippen molar-refractivity contribution >= 4 is 5.69 Å². The molecule has 0 aliphatic carbocycles. The Hall–Kier alpha value is -3.06. The first kappa shape index (κ1) is 12.9. The molecule has 0 saturated heterocycles. The number of nitrogens with one attached hydrogen (secondary N) is 1. The number of oxazole rings is 1. The Bertz CT molecular complexity index is 772. The van der Waals surface area contributed by atoms with Gasteiger partial charge in [-0.1, -0.05) is 24.3 Å². The summed E-state index contributed by atoms with van der Waals surface area (Å²) in [5, 5.41) is 12.1. The molecule has 2 aromatic carbocycles. The highest BCUT2D eigenvalue weighted by Crippen LogP contribution is 2.18. The summed E-state index contributed by atoms with van der Waals surface area (Å²) in [6.07, 6.45) is 1.64. The van der Waals surface area contributed by atoms with Gasteiger partial charge in [0.25, 0.3) is 0 Å². The fraction of sp³-hybridized carbons (Fsp3) is 0.0588. The summed E-state index contributed by atoms with van der Waals surface area (Å²) in [5.41, 5.74) is 3.29. The molecule has 102 valence electrons. The van der Waals surface area contributed by atoms with Gasteiger partial charge in [-0.15, -0.1) is 0 Å². The molecule has 21 heavy (non-hydrogen) atoms. The van der Waals surface area contributed by atoms with Crippen molar-refractivity contribution in [1.82, 2.24) is 4.98 Å². The molecule has 0 unspecified atom stereocenters. The lowest BCUT2D eigenvalue weighted by Crippen LogP contribution is -1.99. The Morgan fingerprint density at radius 2 is 1.95 bits per heavy atom. The average Bonchev–Trinajstić information content (AvgIpc) is 3.03. The number of nitrogens with zero attached hydrogens (tertiary/aromatic N) is 2. The maximum absolute atomic E-state index is 8.87. The Balaban J connectivity index is 1.69. The van der Waals surface area contributed by atoms with Crippen LogP contribution in [0.3, 0.4) is 0 Å². The van der Waals surface area contributed by atoms with Crippen LogP contribution in [-0.2, 0) is 6.54 Å². The molecule has 0 saturated carbocycles. The van der Waals surface area contributed by atoms with E-state index in [0.717, 1.165) is 16.9 Å². The van der Waals surface area contributed by atoms with Crippen molar-refractivity contribution < 1.29 is 4.42 Å². The molecule has 0 aliphatic heterocycles. The van der Waals surface area contributed by atoms with Crippen LogP contribution in [0, 0.1) is 11.3 Å². The second kappa shape index (κ2) is 5.93. The number of aromatic nitrogens is 1. The maximum Gasteiger partial charge on any atom is 0.226 e. The zero-order valence-electron chi connectivity index (χ0n) is 11.3. The topological polar surface area (TPSA) is 61.9 Å². The normalized spacial score (nSPS) is 10.0. The summed E-state index contributed by atoms with van der Waals surface area (Å²) >= 11 is 0. The molecular formula is C17H13N3O. The van der Waals surface area contributed by atoms with Crippen LogP contribution in [0.1, 0.15) is 11.3 Å². The fourth-order valence-electron chi connectivity index (χ4n) is 1.99. The van der Waals surface area contributed by atoms with Crippen LogP contribution in [0.25, 0.3) is 11.5 Å². The highest BCUT2D eigenvalue weighted by atomic mass is 16.3. The molecule has 1 heterocycles. The summed E-state index contributed by atoms with van der Waals surface area (Å²) in [7, 11) is 0. The highest BCUT2D eigenvalue weighted by molar-refractivity contribution is 5.53. The van der Waals surface area contributed by atoms with E-state index in [1.165, 1.54) is 0 Å². The quantitative estimate of drug-likeness (QED) is 0.786. The first-order valence-corrected chi connectivity index (χ1v) is 6.59. The van der Waals surface area contributed by atoms with Gasteiger partial charge in [-0.25, -0.2) is 4.98 Å². The molecule has 3 rings (SSSR count). The smallest absolute Gasteiger partial charge is 0.226 e. The second-order valence-corrected chi connectivity index (χ2v) is 4.56. The van der Waals surface area contributed by atoms with E-state index in [0.29, 0.717) is 18.0 Å². The van der Waals surface area contributed by atoms with Crippen molar-refractivity contribution in [2.75, 3.05) is 5.32 Å². The van der Waals surface area contributed by atoms with E-state index < -0.39 is 0 Å². The zero-order valence-corrected chi connectivity index (χ0v) is 11.3. The Morgan fingerprint density at radius 1 is 1.10 bits per heavy atom. The largest absolute Gasteiger partial charge is 0.444 e. The van der Waals surface area contributed by atoms with E-state index in [1.54, 1.807) is 18.4 Å². The molecule has 0 atom stereocenters. The maximum atomic E-state index is 8.87. The van der Waals surface area contributed by atoms with E-state index in [1.807, 2.05) is 42.5 Å². The van der Waals surface area contributed by atoms with Gasteiger partial charge in [-0.3, -0.25) is 0 Å². The van der Waals surface area contributed by atoms with Crippen LogP contribution in [0.5, 0.6) is 0 Å². The van der Waals surface area contributed by atoms with Crippen LogP contribution in [0.4, 0.5) is 5.69 Å². The third-order valence-electron chi connectivity index (χ3n) is 3.04. The summed E-state index contributed by atoms with van der Waals surface area (Å²) in [4.78, 5) is 4.44. The number of nitriles is 1. The molecule has 0 fully saturated rings. The summed E-state index contributed by atoms with van der Waals surface area (Å²) in [5.74, 6) is 0.609. The van der Waals surface area contributed by atoms with Gasteiger partial charge in [-0.2, -0.15) is 5.26 Å². The molecule has 4 heteroatoms. The Kier molecular flexibility index (Phi) is 3.66. The number of anilines is 1. The molecule has 3 aromatic rings. The third kappa shape index (κ3) is 3.10. The molecule has 0 radical (unpaired) electrons. The highest BCUT2D eigenvalue weighted by Gasteiger charge is 2.06. The lowest BCUT2D eigenvalue weighted by atomic mass is 10.2. The SMILES string of the molecule is N#Cc1cccc(NCc2coc(-c3ccccc3)n2)c1. The lowest BCUT2D eigenvalue weighted by molar-refractivity contribution is 0.573. The van der Waals surface area contributed by atoms with Gasteiger partial charge in [0.2, 0.25) is 5.89 Å². The number of hydrogen-bond donors (Lipinski definition) is 1. The van der Waals surface area contributed by atoms with Crippen molar-refractivity contribution in [3.05, 3.63) is 72.1 Å². The van der Waals surface area contributed by atoms with Gasteiger partial charge in [0, 0.05) is 11.3 Å². The van der Waals surface area contributed by atoms with E-state index in [-0.39, 0.29) is 0 Å². The number of rotatable bonds is 4. The first-order chi connectivity index (χ1) is 10.3. The van der Waals surface area contributed by atoms with Crippen molar-refractivity contribution in [3.63, 3.8) is 0 Å². The Morgan fingerprint density at radius 3 is 2.76 bits per heavy atom. The van der Waals surface area contributed by atoms with E-state index in [9.17, 15) is 0 Å². The van der Waals surface area contributed by atoms with Gasteiger partial charge in [-0.05, 0) is 30.3 Å². The number of hydrogen-bond acceptors (Lipinski definition) is 4. The van der Waals surface area contributed by atoms with Crippen LogP contribution < -0.4 is 5.32 Å². The third-order valence-corrected chi connectivity index (χ3v) is 3.04. The second-order valence-electron chi connectivity index (χ2n) is 4.56.